The van der Waals surface area contributed by atoms with Gasteiger partial charge in [-0.3, -0.25) is 9.00 Å². The molecule has 1 rings (SSSR count). The lowest BCUT2D eigenvalue weighted by Crippen LogP contribution is -2.30. The quantitative estimate of drug-likeness (QED) is 0.807. The summed E-state index contributed by atoms with van der Waals surface area (Å²) in [4.78, 5) is 11.6. The number of carbonyl (C=O) groups is 1. The van der Waals surface area contributed by atoms with Gasteiger partial charge in [-0.05, 0) is 39.0 Å². The molecule has 5 heteroatoms. The second kappa shape index (κ2) is 5.31. The molecule has 0 bridgehead atoms. The van der Waals surface area contributed by atoms with Crippen molar-refractivity contribution in [3.05, 3.63) is 24.3 Å². The summed E-state index contributed by atoms with van der Waals surface area (Å²) in [6.07, 6.45) is 0. The second-order valence-corrected chi connectivity index (χ2v) is 6.98. The first-order chi connectivity index (χ1) is 7.79. The molecule has 0 fully saturated rings. The first-order valence-electron chi connectivity index (χ1n) is 5.33. The number of hydrogen-bond acceptors (Lipinski definition) is 3. The van der Waals surface area contributed by atoms with Gasteiger partial charge in [-0.15, -0.1) is 0 Å². The Kier molecular flexibility index (Phi) is 4.28. The highest BCUT2D eigenvalue weighted by Gasteiger charge is 2.21. The van der Waals surface area contributed by atoms with Crippen molar-refractivity contribution < 1.29 is 9.00 Å². The third-order valence-corrected chi connectivity index (χ3v) is 4.01. The molecule has 0 aliphatic rings. The van der Waals surface area contributed by atoms with Crippen LogP contribution in [0.5, 0.6) is 0 Å². The summed E-state index contributed by atoms with van der Waals surface area (Å²) in [7, 11) is -1.19. The van der Waals surface area contributed by atoms with Crippen LogP contribution in [0.2, 0.25) is 0 Å². The minimum Gasteiger partial charge on any atom is -0.399 e. The number of benzene rings is 1. The number of nitrogens with one attached hydrogen (secondary N) is 1. The Labute approximate surface area is 104 Å². The number of anilines is 2. The number of carbonyl (C=O) groups excluding carboxylic acids is 1. The van der Waals surface area contributed by atoms with Gasteiger partial charge in [-0.2, -0.15) is 0 Å². The van der Waals surface area contributed by atoms with Gasteiger partial charge in [0, 0.05) is 26.9 Å². The van der Waals surface area contributed by atoms with E-state index >= 15 is 0 Å². The van der Waals surface area contributed by atoms with E-state index in [1.807, 2.05) is 20.8 Å². The van der Waals surface area contributed by atoms with E-state index < -0.39 is 10.8 Å². The maximum Gasteiger partial charge on any atom is 0.237 e. The van der Waals surface area contributed by atoms with Crippen molar-refractivity contribution in [3.63, 3.8) is 0 Å². The van der Waals surface area contributed by atoms with E-state index in [4.69, 9.17) is 5.73 Å². The van der Waals surface area contributed by atoms with Crippen molar-refractivity contribution in [1.82, 2.24) is 0 Å². The Hall–Kier alpha value is -1.36. The number of rotatable bonds is 3. The molecular formula is C12H18N2O2S. The number of nitrogen functional groups attached to an aromatic ring is 1. The van der Waals surface area contributed by atoms with E-state index in [0.29, 0.717) is 11.4 Å². The lowest BCUT2D eigenvalue weighted by Gasteiger charge is -2.17. The molecule has 1 aromatic rings. The maximum absolute atomic E-state index is 11.8. The van der Waals surface area contributed by atoms with E-state index in [9.17, 15) is 9.00 Å². The molecule has 1 atom stereocenters. The van der Waals surface area contributed by atoms with Gasteiger partial charge < -0.3 is 11.1 Å². The Balaban J connectivity index is 2.59. The minimum absolute atomic E-state index is 0.00169. The van der Waals surface area contributed by atoms with Crippen molar-refractivity contribution in [3.8, 4) is 0 Å². The monoisotopic (exact) mass is 254 g/mol. The van der Waals surface area contributed by atoms with Crippen molar-refractivity contribution >= 4 is 28.1 Å². The lowest BCUT2D eigenvalue weighted by atomic mass is 10.3. The number of nitrogens with two attached hydrogens (primary N) is 1. The third kappa shape index (κ3) is 4.56. The van der Waals surface area contributed by atoms with Gasteiger partial charge in [0.1, 0.15) is 5.75 Å². The Bertz CT molecular complexity index is 438. The summed E-state index contributed by atoms with van der Waals surface area (Å²) in [5, 5.41) is 2.67. The first-order valence-corrected chi connectivity index (χ1v) is 6.65. The predicted molar refractivity (Wildman–Crippen MR) is 72.2 cm³/mol. The summed E-state index contributed by atoms with van der Waals surface area (Å²) in [6.45, 7) is 5.53. The molecule has 4 nitrogen and oxygen atoms in total. The van der Waals surface area contributed by atoms with Gasteiger partial charge in [-0.1, -0.05) is 6.07 Å². The normalized spacial score (nSPS) is 13.1. The fourth-order valence-electron chi connectivity index (χ4n) is 1.15. The SMILES string of the molecule is CC(C)(C)S(=O)CC(=O)Nc1cccc(N)c1. The smallest absolute Gasteiger partial charge is 0.237 e. The standard InChI is InChI=1S/C12H18N2O2S/c1-12(2,3)17(16)8-11(15)14-10-6-4-5-9(13)7-10/h4-7H,8,13H2,1-3H3,(H,14,15). The highest BCUT2D eigenvalue weighted by molar-refractivity contribution is 7.87. The van der Waals surface area contributed by atoms with Gasteiger partial charge >= 0.3 is 0 Å². The number of hydrogen-bond donors (Lipinski definition) is 2. The molecule has 94 valence electrons. The van der Waals surface area contributed by atoms with Crippen LogP contribution in [0.4, 0.5) is 11.4 Å². The van der Waals surface area contributed by atoms with Crippen LogP contribution in [-0.2, 0) is 15.6 Å². The maximum atomic E-state index is 11.8. The molecule has 1 unspecified atom stereocenters. The van der Waals surface area contributed by atoms with Crippen LogP contribution < -0.4 is 11.1 Å². The van der Waals surface area contributed by atoms with Crippen LogP contribution in [0, 0.1) is 0 Å². The van der Waals surface area contributed by atoms with E-state index in [1.165, 1.54) is 0 Å². The zero-order valence-electron chi connectivity index (χ0n) is 10.3. The molecule has 1 amide bonds. The predicted octanol–water partition coefficient (Wildman–Crippen LogP) is 1.75. The molecule has 0 saturated carbocycles. The van der Waals surface area contributed by atoms with Crippen molar-refractivity contribution in [2.24, 2.45) is 0 Å². The van der Waals surface area contributed by atoms with Crippen molar-refractivity contribution in [2.75, 3.05) is 16.8 Å². The molecule has 0 saturated heterocycles. The van der Waals surface area contributed by atoms with E-state index in [1.54, 1.807) is 24.3 Å². The van der Waals surface area contributed by atoms with E-state index in [2.05, 4.69) is 5.32 Å². The molecule has 17 heavy (non-hydrogen) atoms. The topological polar surface area (TPSA) is 72.2 Å². The molecule has 0 spiro atoms. The molecule has 1 aromatic carbocycles. The third-order valence-electron chi connectivity index (χ3n) is 2.12. The van der Waals surface area contributed by atoms with Crippen LogP contribution in [0.1, 0.15) is 20.8 Å². The zero-order valence-corrected chi connectivity index (χ0v) is 11.1. The molecule has 0 aliphatic heterocycles. The summed E-state index contributed by atoms with van der Waals surface area (Å²) in [6, 6.07) is 6.90. The van der Waals surface area contributed by atoms with Gasteiger partial charge in [0.05, 0.1) is 0 Å². The van der Waals surface area contributed by atoms with Crippen LogP contribution in [0.25, 0.3) is 0 Å². The summed E-state index contributed by atoms with van der Waals surface area (Å²) in [5.41, 5.74) is 6.80. The Morgan fingerprint density at radius 2 is 2.06 bits per heavy atom. The zero-order chi connectivity index (χ0) is 13.1. The van der Waals surface area contributed by atoms with Crippen LogP contribution in [0.3, 0.4) is 0 Å². The van der Waals surface area contributed by atoms with Gasteiger partial charge in [0.2, 0.25) is 5.91 Å². The Morgan fingerprint density at radius 3 is 2.59 bits per heavy atom. The summed E-state index contributed by atoms with van der Waals surface area (Å²) >= 11 is 0. The Morgan fingerprint density at radius 1 is 1.41 bits per heavy atom. The second-order valence-electron chi connectivity index (χ2n) is 4.78. The summed E-state index contributed by atoms with van der Waals surface area (Å²) < 4.78 is 11.4. The highest BCUT2D eigenvalue weighted by Crippen LogP contribution is 2.14. The molecular weight excluding hydrogens is 236 g/mol. The molecule has 0 aromatic heterocycles. The van der Waals surface area contributed by atoms with Crippen molar-refractivity contribution in [1.29, 1.82) is 0 Å². The molecule has 0 radical (unpaired) electrons. The van der Waals surface area contributed by atoms with E-state index in [0.717, 1.165) is 0 Å². The van der Waals surface area contributed by atoms with Crippen molar-refractivity contribution in [2.45, 2.75) is 25.5 Å². The largest absolute Gasteiger partial charge is 0.399 e. The minimum atomic E-state index is -1.19. The fourth-order valence-corrected chi connectivity index (χ4v) is 1.89. The fraction of sp³-hybridized carbons (Fsp3) is 0.417. The van der Waals surface area contributed by atoms with Crippen LogP contribution >= 0.6 is 0 Å². The molecule has 3 N–H and O–H groups in total. The molecule has 0 aliphatic carbocycles. The first kappa shape index (κ1) is 13.7. The van der Waals surface area contributed by atoms with Crippen LogP contribution in [0.15, 0.2) is 24.3 Å². The lowest BCUT2D eigenvalue weighted by molar-refractivity contribution is -0.113. The average molecular weight is 254 g/mol. The van der Waals surface area contributed by atoms with Gasteiger partial charge in [-0.25, -0.2) is 0 Å². The summed E-state index contributed by atoms with van der Waals surface area (Å²) in [5.74, 6) is -0.262. The van der Waals surface area contributed by atoms with Gasteiger partial charge in [0.25, 0.3) is 0 Å². The van der Waals surface area contributed by atoms with E-state index in [-0.39, 0.29) is 16.4 Å². The highest BCUT2D eigenvalue weighted by atomic mass is 32.2. The number of amides is 1. The molecule has 0 heterocycles. The van der Waals surface area contributed by atoms with Crippen LogP contribution in [-0.4, -0.2) is 20.6 Å². The average Bonchev–Trinajstić information content (AvgIpc) is 2.15. The van der Waals surface area contributed by atoms with Gasteiger partial charge in [0.15, 0.2) is 0 Å².